The van der Waals surface area contributed by atoms with Gasteiger partial charge in [0.05, 0.1) is 33.0 Å². The lowest BCUT2D eigenvalue weighted by Gasteiger charge is -2.31. The fourth-order valence-corrected chi connectivity index (χ4v) is 4.79. The molecule has 0 aromatic rings. The number of carbonyl (C=O) groups excluding carboxylic acids is 3. The molecule has 0 saturated heterocycles. The quantitative estimate of drug-likeness (QED) is 0.195. The van der Waals surface area contributed by atoms with Gasteiger partial charge in [0.25, 0.3) is 0 Å². The minimum atomic E-state index is -4.03. The summed E-state index contributed by atoms with van der Waals surface area (Å²) in [4.78, 5) is 37.4. The van der Waals surface area contributed by atoms with Gasteiger partial charge in [-0.15, -0.1) is 0 Å². The topological polar surface area (TPSA) is 114 Å². The Labute approximate surface area is 160 Å². The molecule has 0 aromatic heterocycles. The molecule has 9 nitrogen and oxygen atoms in total. The SMILES string of the molecule is CCOC(=O)C(C(=O)OCC)C(C)C(C(=O)OCC)P(=O)(OCC)OCC. The first kappa shape index (κ1) is 25.6. The van der Waals surface area contributed by atoms with Crippen molar-refractivity contribution in [3.8, 4) is 0 Å². The van der Waals surface area contributed by atoms with Crippen LogP contribution < -0.4 is 0 Å². The average molecular weight is 410 g/mol. The van der Waals surface area contributed by atoms with E-state index in [4.69, 9.17) is 23.3 Å². The van der Waals surface area contributed by atoms with Crippen LogP contribution in [-0.2, 0) is 42.2 Å². The summed E-state index contributed by atoms with van der Waals surface area (Å²) in [6.45, 7) is 9.43. The van der Waals surface area contributed by atoms with E-state index in [2.05, 4.69) is 0 Å². The average Bonchev–Trinajstić information content (AvgIpc) is 2.56. The normalized spacial score (nSPS) is 13.7. The second-order valence-electron chi connectivity index (χ2n) is 5.41. The maximum atomic E-state index is 13.3. The van der Waals surface area contributed by atoms with Crippen LogP contribution in [0.4, 0.5) is 0 Å². The first-order valence-electron chi connectivity index (χ1n) is 9.12. The van der Waals surface area contributed by atoms with Crippen LogP contribution in [0.3, 0.4) is 0 Å². The van der Waals surface area contributed by atoms with Gasteiger partial charge in [0, 0.05) is 5.92 Å². The van der Waals surface area contributed by atoms with Crippen molar-refractivity contribution in [2.45, 2.75) is 47.2 Å². The summed E-state index contributed by atoms with van der Waals surface area (Å²) in [6, 6.07) is 0. The Balaban J connectivity index is 6.14. The van der Waals surface area contributed by atoms with E-state index in [1.807, 2.05) is 0 Å². The first-order chi connectivity index (χ1) is 12.7. The number of rotatable bonds is 13. The summed E-state index contributed by atoms with van der Waals surface area (Å²) >= 11 is 0. The van der Waals surface area contributed by atoms with E-state index in [0.717, 1.165) is 0 Å². The van der Waals surface area contributed by atoms with Gasteiger partial charge in [-0.3, -0.25) is 18.9 Å². The lowest BCUT2D eigenvalue weighted by Crippen LogP contribution is -2.43. The predicted molar refractivity (Wildman–Crippen MR) is 97.2 cm³/mol. The Kier molecular flexibility index (Phi) is 12.2. The molecule has 0 aliphatic carbocycles. The van der Waals surface area contributed by atoms with Crippen molar-refractivity contribution in [3.63, 3.8) is 0 Å². The molecule has 0 saturated carbocycles. The lowest BCUT2D eigenvalue weighted by molar-refractivity contribution is -0.164. The molecule has 158 valence electrons. The molecule has 0 bridgehead atoms. The van der Waals surface area contributed by atoms with Crippen molar-refractivity contribution < 1.29 is 42.2 Å². The maximum absolute atomic E-state index is 13.3. The predicted octanol–water partition coefficient (Wildman–Crippen LogP) is 2.56. The maximum Gasteiger partial charge on any atom is 0.345 e. The van der Waals surface area contributed by atoms with Gasteiger partial charge in [0.1, 0.15) is 0 Å². The molecular formula is C17H31O9P. The van der Waals surface area contributed by atoms with Crippen LogP contribution in [0.5, 0.6) is 0 Å². The molecule has 0 spiro atoms. The van der Waals surface area contributed by atoms with Gasteiger partial charge in [-0.25, -0.2) is 0 Å². The molecule has 0 amide bonds. The second kappa shape index (κ2) is 12.9. The van der Waals surface area contributed by atoms with Gasteiger partial charge in [-0.05, 0) is 34.6 Å². The molecule has 0 fully saturated rings. The third-order valence-electron chi connectivity index (χ3n) is 3.59. The Bertz CT molecular complexity index is 506. The van der Waals surface area contributed by atoms with E-state index >= 15 is 0 Å². The highest BCUT2D eigenvalue weighted by molar-refractivity contribution is 7.55. The Morgan fingerprint density at radius 2 is 1.07 bits per heavy atom. The van der Waals surface area contributed by atoms with Gasteiger partial charge in [0.15, 0.2) is 11.6 Å². The number of esters is 3. The molecule has 0 aliphatic heterocycles. The van der Waals surface area contributed by atoms with Crippen LogP contribution in [-0.4, -0.2) is 56.6 Å². The highest BCUT2D eigenvalue weighted by Crippen LogP contribution is 2.57. The zero-order chi connectivity index (χ0) is 21.0. The van der Waals surface area contributed by atoms with Crippen LogP contribution in [0, 0.1) is 11.8 Å². The summed E-state index contributed by atoms with van der Waals surface area (Å²) in [6.07, 6.45) is 0. The largest absolute Gasteiger partial charge is 0.465 e. The molecule has 0 N–H and O–H groups in total. The van der Waals surface area contributed by atoms with Crippen LogP contribution in [0.2, 0.25) is 0 Å². The summed E-state index contributed by atoms with van der Waals surface area (Å²) in [5, 5.41) is 0. The number of hydrogen-bond donors (Lipinski definition) is 0. The first-order valence-corrected chi connectivity index (χ1v) is 10.7. The molecule has 0 aromatic carbocycles. The highest BCUT2D eigenvalue weighted by atomic mass is 31.2. The third-order valence-corrected chi connectivity index (χ3v) is 6.19. The standard InChI is InChI=1S/C17H31O9P/c1-7-22-15(18)13(16(19)23-8-2)12(6)14(17(20)24-9-3)27(21,25-10-4)26-11-5/h12-14H,7-11H2,1-6H3. The zero-order valence-corrected chi connectivity index (χ0v) is 17.8. The second-order valence-corrected chi connectivity index (χ2v) is 7.57. The molecule has 0 heterocycles. The Morgan fingerprint density at radius 3 is 1.41 bits per heavy atom. The molecule has 10 heteroatoms. The van der Waals surface area contributed by atoms with Crippen LogP contribution in [0.25, 0.3) is 0 Å². The molecular weight excluding hydrogens is 379 g/mol. The van der Waals surface area contributed by atoms with Crippen LogP contribution in [0.1, 0.15) is 41.5 Å². The van der Waals surface area contributed by atoms with Crippen molar-refractivity contribution >= 4 is 25.5 Å². The molecule has 2 atom stereocenters. The van der Waals surface area contributed by atoms with Gasteiger partial charge in [-0.2, -0.15) is 0 Å². The number of carbonyl (C=O) groups is 3. The summed E-state index contributed by atoms with van der Waals surface area (Å²) in [5.74, 6) is -5.22. The highest BCUT2D eigenvalue weighted by Gasteiger charge is 2.52. The van der Waals surface area contributed by atoms with Gasteiger partial charge < -0.3 is 23.3 Å². The lowest BCUT2D eigenvalue weighted by atomic mass is 9.90. The van der Waals surface area contributed by atoms with Crippen molar-refractivity contribution in [2.75, 3.05) is 33.0 Å². The fourth-order valence-electron chi connectivity index (χ4n) is 2.59. The van der Waals surface area contributed by atoms with Crippen molar-refractivity contribution in [1.29, 1.82) is 0 Å². The zero-order valence-electron chi connectivity index (χ0n) is 16.9. The van der Waals surface area contributed by atoms with E-state index in [1.54, 1.807) is 34.6 Å². The number of hydrogen-bond acceptors (Lipinski definition) is 9. The summed E-state index contributed by atoms with van der Waals surface area (Å²) < 4.78 is 38.8. The van der Waals surface area contributed by atoms with E-state index in [-0.39, 0.29) is 33.0 Å². The van der Waals surface area contributed by atoms with Crippen LogP contribution >= 0.6 is 7.60 Å². The number of ether oxygens (including phenoxy) is 3. The van der Waals surface area contributed by atoms with Crippen molar-refractivity contribution in [2.24, 2.45) is 11.8 Å². The van der Waals surface area contributed by atoms with E-state index < -0.39 is 43.0 Å². The monoisotopic (exact) mass is 410 g/mol. The van der Waals surface area contributed by atoms with Crippen molar-refractivity contribution in [3.05, 3.63) is 0 Å². The van der Waals surface area contributed by atoms with E-state index in [0.29, 0.717) is 0 Å². The van der Waals surface area contributed by atoms with Crippen LogP contribution in [0.15, 0.2) is 0 Å². The summed E-state index contributed by atoms with van der Waals surface area (Å²) in [5.41, 5.74) is -1.49. The van der Waals surface area contributed by atoms with Gasteiger partial charge in [0.2, 0.25) is 0 Å². The molecule has 2 unspecified atom stereocenters. The molecule has 0 aliphatic rings. The van der Waals surface area contributed by atoms with Gasteiger partial charge >= 0.3 is 25.5 Å². The minimum Gasteiger partial charge on any atom is -0.465 e. The Morgan fingerprint density at radius 1 is 0.704 bits per heavy atom. The fraction of sp³-hybridized carbons (Fsp3) is 0.824. The minimum absolute atomic E-state index is 0.00336. The van der Waals surface area contributed by atoms with Crippen molar-refractivity contribution in [1.82, 2.24) is 0 Å². The smallest absolute Gasteiger partial charge is 0.345 e. The third kappa shape index (κ3) is 7.24. The Hall–Kier alpha value is -1.44. The van der Waals surface area contributed by atoms with Gasteiger partial charge in [-0.1, -0.05) is 6.92 Å². The molecule has 0 radical (unpaired) electrons. The molecule has 0 rings (SSSR count). The van der Waals surface area contributed by atoms with E-state index in [1.165, 1.54) is 6.92 Å². The molecule has 27 heavy (non-hydrogen) atoms. The van der Waals surface area contributed by atoms with E-state index in [9.17, 15) is 18.9 Å². The summed E-state index contributed by atoms with van der Waals surface area (Å²) in [7, 11) is -4.03.